The third-order valence-electron chi connectivity index (χ3n) is 6.40. The summed E-state index contributed by atoms with van der Waals surface area (Å²) in [7, 11) is 0. The standard InChI is InChI=1S/C23H34N8O2S/c1-6-9-11-16-14(4)24-21-27-22(28-31(21)15(16)5)34-13-17-25-19-18(29(17)8-3)20(32)26-23(33)30(19)12-10-7-2/h17,25H,6-13H2,1-5H3,(H,26,32,33). The van der Waals surface area contributed by atoms with Gasteiger partial charge in [0.1, 0.15) is 17.7 Å². The third-order valence-corrected chi connectivity index (χ3v) is 7.31. The number of fused-ring (bicyclic) bond motifs is 2. The van der Waals surface area contributed by atoms with Gasteiger partial charge in [-0.25, -0.2) is 14.3 Å². The first-order valence-corrected chi connectivity index (χ1v) is 13.1. The lowest BCUT2D eigenvalue weighted by Gasteiger charge is -2.23. The summed E-state index contributed by atoms with van der Waals surface area (Å²) in [5.41, 5.74) is 3.15. The molecule has 3 aromatic rings. The van der Waals surface area contributed by atoms with Crippen molar-refractivity contribution in [1.29, 1.82) is 0 Å². The van der Waals surface area contributed by atoms with Gasteiger partial charge in [0.25, 0.3) is 11.3 Å². The molecule has 0 fully saturated rings. The first-order valence-electron chi connectivity index (χ1n) is 12.1. The lowest BCUT2D eigenvalue weighted by molar-refractivity contribution is 0.605. The van der Waals surface area contributed by atoms with Crippen LogP contribution in [0, 0.1) is 13.8 Å². The summed E-state index contributed by atoms with van der Waals surface area (Å²) in [6.45, 7) is 11.6. The van der Waals surface area contributed by atoms with Crippen molar-refractivity contribution in [3.05, 3.63) is 37.8 Å². The zero-order valence-corrected chi connectivity index (χ0v) is 21.5. The molecule has 0 aromatic carbocycles. The average Bonchev–Trinajstić information content (AvgIpc) is 3.38. The molecule has 0 radical (unpaired) electrons. The van der Waals surface area contributed by atoms with Crippen LogP contribution in [0.1, 0.15) is 63.4 Å². The number of H-pyrrole nitrogens is 1. The molecule has 184 valence electrons. The smallest absolute Gasteiger partial charge is 0.330 e. The van der Waals surface area contributed by atoms with Crippen LogP contribution in [0.4, 0.5) is 11.5 Å². The molecule has 1 atom stereocenters. The van der Waals surface area contributed by atoms with Crippen LogP contribution >= 0.6 is 11.8 Å². The molecule has 1 aliphatic heterocycles. The fourth-order valence-corrected chi connectivity index (χ4v) is 5.38. The van der Waals surface area contributed by atoms with E-state index in [0.29, 0.717) is 41.3 Å². The zero-order valence-electron chi connectivity index (χ0n) is 20.6. The Balaban J connectivity index is 1.57. The number of nitrogens with zero attached hydrogens (tertiary/aromatic N) is 6. The SMILES string of the molecule is CCCCc1c(C)nc2nc(SCC3Nc4c(c(=O)[nH]c(=O)n4CCCC)N3CC)nn2c1C. The van der Waals surface area contributed by atoms with Gasteiger partial charge in [0, 0.05) is 30.2 Å². The van der Waals surface area contributed by atoms with E-state index in [1.807, 2.05) is 23.3 Å². The highest BCUT2D eigenvalue weighted by Gasteiger charge is 2.33. The van der Waals surface area contributed by atoms with Crippen molar-refractivity contribution in [2.75, 3.05) is 22.5 Å². The van der Waals surface area contributed by atoms with Gasteiger partial charge in [0.05, 0.1) is 0 Å². The van der Waals surface area contributed by atoms with Crippen LogP contribution in [-0.2, 0) is 13.0 Å². The van der Waals surface area contributed by atoms with Crippen LogP contribution in [0.3, 0.4) is 0 Å². The van der Waals surface area contributed by atoms with Crippen molar-refractivity contribution in [1.82, 2.24) is 29.1 Å². The molecule has 0 amide bonds. The van der Waals surface area contributed by atoms with E-state index in [4.69, 9.17) is 5.10 Å². The minimum absolute atomic E-state index is 0.150. The summed E-state index contributed by atoms with van der Waals surface area (Å²) in [5, 5.41) is 8.78. The molecule has 1 unspecified atom stereocenters. The van der Waals surface area contributed by atoms with E-state index in [2.05, 4.69) is 41.0 Å². The zero-order chi connectivity index (χ0) is 24.4. The normalized spacial score (nSPS) is 15.2. The predicted molar refractivity (Wildman–Crippen MR) is 136 cm³/mol. The first-order chi connectivity index (χ1) is 16.4. The lowest BCUT2D eigenvalue weighted by atomic mass is 10.1. The van der Waals surface area contributed by atoms with E-state index < -0.39 is 0 Å². The van der Waals surface area contributed by atoms with Crippen molar-refractivity contribution >= 4 is 29.0 Å². The number of hydrogen-bond donors (Lipinski definition) is 2. The van der Waals surface area contributed by atoms with Gasteiger partial charge >= 0.3 is 5.69 Å². The minimum Gasteiger partial charge on any atom is -0.349 e. The molecular formula is C23H34N8O2S. The maximum Gasteiger partial charge on any atom is 0.330 e. The number of aromatic amines is 1. The summed E-state index contributed by atoms with van der Waals surface area (Å²) in [6.07, 6.45) is 4.92. The minimum atomic E-state index is -0.369. The van der Waals surface area contributed by atoms with Crippen molar-refractivity contribution in [2.24, 2.45) is 0 Å². The quantitative estimate of drug-likeness (QED) is 0.420. The summed E-state index contributed by atoms with van der Waals surface area (Å²) >= 11 is 1.52. The second-order valence-electron chi connectivity index (χ2n) is 8.69. The molecule has 2 N–H and O–H groups in total. The molecule has 10 nitrogen and oxygen atoms in total. The van der Waals surface area contributed by atoms with Gasteiger partial charge in [-0.1, -0.05) is 38.5 Å². The molecule has 3 aromatic heterocycles. The van der Waals surface area contributed by atoms with Crippen LogP contribution in [0.2, 0.25) is 0 Å². The number of rotatable bonds is 10. The van der Waals surface area contributed by atoms with Crippen molar-refractivity contribution in [2.45, 2.75) is 84.6 Å². The van der Waals surface area contributed by atoms with E-state index in [1.165, 1.54) is 17.3 Å². The van der Waals surface area contributed by atoms with Crippen molar-refractivity contribution in [3.63, 3.8) is 0 Å². The molecule has 4 rings (SSSR count). The van der Waals surface area contributed by atoms with Gasteiger partial charge in [-0.05, 0) is 45.6 Å². The van der Waals surface area contributed by atoms with Crippen LogP contribution in [-0.4, -0.2) is 47.6 Å². The molecule has 0 saturated carbocycles. The summed E-state index contributed by atoms with van der Waals surface area (Å²) in [6, 6.07) is 0. The molecule has 34 heavy (non-hydrogen) atoms. The predicted octanol–water partition coefficient (Wildman–Crippen LogP) is 3.10. The first kappa shape index (κ1) is 24.3. The van der Waals surface area contributed by atoms with E-state index in [0.717, 1.165) is 43.5 Å². The fourth-order valence-electron chi connectivity index (χ4n) is 4.52. The van der Waals surface area contributed by atoms with Gasteiger partial charge in [-0.2, -0.15) is 4.98 Å². The van der Waals surface area contributed by atoms with E-state index in [9.17, 15) is 9.59 Å². The Labute approximate surface area is 203 Å². The third kappa shape index (κ3) is 4.45. The summed E-state index contributed by atoms with van der Waals surface area (Å²) < 4.78 is 3.48. The number of thioether (sulfide) groups is 1. The van der Waals surface area contributed by atoms with Gasteiger partial charge in [0.15, 0.2) is 0 Å². The molecule has 0 saturated heterocycles. The van der Waals surface area contributed by atoms with Crippen molar-refractivity contribution < 1.29 is 0 Å². The summed E-state index contributed by atoms with van der Waals surface area (Å²) in [4.78, 5) is 38.9. The number of unbranched alkanes of at least 4 members (excludes halogenated alkanes) is 2. The number of nitrogens with one attached hydrogen (secondary N) is 2. The highest BCUT2D eigenvalue weighted by atomic mass is 32.2. The number of hydrogen-bond acceptors (Lipinski definition) is 8. The van der Waals surface area contributed by atoms with Crippen LogP contribution in [0.15, 0.2) is 14.7 Å². The van der Waals surface area contributed by atoms with Crippen LogP contribution < -0.4 is 21.5 Å². The van der Waals surface area contributed by atoms with E-state index in [1.54, 1.807) is 4.57 Å². The van der Waals surface area contributed by atoms with Crippen LogP contribution in [0.25, 0.3) is 5.78 Å². The molecule has 0 bridgehead atoms. The lowest BCUT2D eigenvalue weighted by Crippen LogP contribution is -2.39. The van der Waals surface area contributed by atoms with Gasteiger partial charge in [0.2, 0.25) is 5.16 Å². The highest BCUT2D eigenvalue weighted by Crippen LogP contribution is 2.32. The van der Waals surface area contributed by atoms with Crippen molar-refractivity contribution in [3.8, 4) is 0 Å². The number of anilines is 2. The largest absolute Gasteiger partial charge is 0.349 e. The Morgan fingerprint density at radius 1 is 1.06 bits per heavy atom. The molecule has 4 heterocycles. The molecule has 0 aliphatic carbocycles. The second kappa shape index (κ2) is 10.2. The van der Waals surface area contributed by atoms with Gasteiger partial charge in [-0.3, -0.25) is 14.3 Å². The number of aryl methyl sites for hydroxylation is 2. The van der Waals surface area contributed by atoms with Gasteiger partial charge < -0.3 is 10.2 Å². The molecule has 11 heteroatoms. The second-order valence-corrected chi connectivity index (χ2v) is 9.68. The average molecular weight is 487 g/mol. The molecule has 0 spiro atoms. The molecular weight excluding hydrogens is 452 g/mol. The maximum absolute atomic E-state index is 12.6. The Morgan fingerprint density at radius 3 is 2.53 bits per heavy atom. The Morgan fingerprint density at radius 2 is 1.82 bits per heavy atom. The maximum atomic E-state index is 12.6. The van der Waals surface area contributed by atoms with Crippen LogP contribution in [0.5, 0.6) is 0 Å². The number of aromatic nitrogens is 6. The Kier molecular flexibility index (Phi) is 7.30. The Bertz CT molecular complexity index is 1290. The summed E-state index contributed by atoms with van der Waals surface area (Å²) in [5.74, 6) is 1.82. The molecule has 1 aliphatic rings. The fraction of sp³-hybridized carbons (Fsp3) is 0.609. The Hall–Kier alpha value is -2.82. The van der Waals surface area contributed by atoms with E-state index in [-0.39, 0.29) is 17.4 Å². The topological polar surface area (TPSA) is 113 Å². The monoisotopic (exact) mass is 486 g/mol. The van der Waals surface area contributed by atoms with Gasteiger partial charge in [-0.15, -0.1) is 5.10 Å². The highest BCUT2D eigenvalue weighted by molar-refractivity contribution is 7.99. The van der Waals surface area contributed by atoms with E-state index >= 15 is 0 Å².